The molecule has 0 spiro atoms. The van der Waals surface area contributed by atoms with Gasteiger partial charge in [-0.05, 0) is 35.9 Å². The molecule has 0 aliphatic carbocycles. The molecule has 16 heavy (non-hydrogen) atoms. The fraction of sp³-hybridized carbons (Fsp3) is 0.600. The lowest BCUT2D eigenvalue weighted by Gasteiger charge is -2.23. The minimum atomic E-state index is 0.301. The highest BCUT2D eigenvalue weighted by atomic mass is 14.8. The van der Waals surface area contributed by atoms with Gasteiger partial charge in [-0.3, -0.25) is 0 Å². The van der Waals surface area contributed by atoms with Crippen molar-refractivity contribution in [3.8, 4) is 0 Å². The highest BCUT2D eigenvalue weighted by Crippen LogP contribution is 2.26. The largest absolute Gasteiger partial charge is 0.313 e. The van der Waals surface area contributed by atoms with Crippen LogP contribution >= 0.6 is 0 Å². The van der Waals surface area contributed by atoms with Crippen molar-refractivity contribution in [3.63, 3.8) is 0 Å². The molecule has 0 saturated heterocycles. The second-order valence-corrected chi connectivity index (χ2v) is 5.11. The number of hydrogen-bond acceptors (Lipinski definition) is 1. The maximum Gasteiger partial charge on any atom is 0.0205 e. The molecule has 1 aromatic rings. The summed E-state index contributed by atoms with van der Waals surface area (Å²) in [6.07, 6.45) is 2.38. The van der Waals surface area contributed by atoms with Gasteiger partial charge in [-0.1, -0.05) is 52.0 Å². The van der Waals surface area contributed by atoms with Gasteiger partial charge in [-0.25, -0.2) is 0 Å². The minimum Gasteiger partial charge on any atom is -0.313 e. The molecule has 0 atom stereocenters. The Morgan fingerprint density at radius 3 is 2.19 bits per heavy atom. The Labute approximate surface area is 100 Å². The molecule has 90 valence electrons. The van der Waals surface area contributed by atoms with Gasteiger partial charge in [-0.15, -0.1) is 0 Å². The third-order valence-electron chi connectivity index (χ3n) is 3.38. The molecule has 0 aliphatic heterocycles. The summed E-state index contributed by atoms with van der Waals surface area (Å²) in [5.74, 6) is 0. The summed E-state index contributed by atoms with van der Waals surface area (Å²) >= 11 is 0. The summed E-state index contributed by atoms with van der Waals surface area (Å²) in [6.45, 7) is 11.1. The maximum atomic E-state index is 3.42. The van der Waals surface area contributed by atoms with Crippen molar-refractivity contribution in [1.82, 2.24) is 5.32 Å². The van der Waals surface area contributed by atoms with Crippen LogP contribution in [0.5, 0.6) is 0 Å². The fourth-order valence-corrected chi connectivity index (χ4v) is 1.69. The Hall–Kier alpha value is -0.820. The zero-order valence-electron chi connectivity index (χ0n) is 11.1. The van der Waals surface area contributed by atoms with E-state index < -0.39 is 0 Å². The zero-order chi connectivity index (χ0) is 12.0. The van der Waals surface area contributed by atoms with E-state index >= 15 is 0 Å². The Kier molecular flexibility index (Phi) is 5.01. The van der Waals surface area contributed by atoms with Crippen LogP contribution in [0.3, 0.4) is 0 Å². The molecule has 1 N–H and O–H groups in total. The van der Waals surface area contributed by atoms with Crippen molar-refractivity contribution >= 4 is 0 Å². The molecule has 1 nitrogen and oxygen atoms in total. The SMILES string of the molecule is CCCNCc1ccc(C(C)(C)CC)cc1. The molecule has 0 radical (unpaired) electrons. The van der Waals surface area contributed by atoms with Gasteiger partial charge in [0.1, 0.15) is 0 Å². The fourth-order valence-electron chi connectivity index (χ4n) is 1.69. The van der Waals surface area contributed by atoms with Crippen LogP contribution in [0.2, 0.25) is 0 Å². The van der Waals surface area contributed by atoms with E-state index in [9.17, 15) is 0 Å². The van der Waals surface area contributed by atoms with Gasteiger partial charge in [0.25, 0.3) is 0 Å². The van der Waals surface area contributed by atoms with Crippen molar-refractivity contribution in [1.29, 1.82) is 0 Å². The number of benzene rings is 1. The van der Waals surface area contributed by atoms with Crippen molar-refractivity contribution in [3.05, 3.63) is 35.4 Å². The molecule has 0 aliphatic rings. The van der Waals surface area contributed by atoms with Gasteiger partial charge in [0.05, 0.1) is 0 Å². The quantitative estimate of drug-likeness (QED) is 0.716. The van der Waals surface area contributed by atoms with Crippen LogP contribution < -0.4 is 5.32 Å². The average molecular weight is 219 g/mol. The molecule has 1 heteroatoms. The van der Waals surface area contributed by atoms with E-state index in [0.29, 0.717) is 5.41 Å². The van der Waals surface area contributed by atoms with Gasteiger partial charge in [0.15, 0.2) is 0 Å². The van der Waals surface area contributed by atoms with Gasteiger partial charge in [-0.2, -0.15) is 0 Å². The van der Waals surface area contributed by atoms with Crippen LogP contribution in [-0.2, 0) is 12.0 Å². The highest BCUT2D eigenvalue weighted by Gasteiger charge is 2.17. The predicted octanol–water partition coefficient (Wildman–Crippen LogP) is 3.87. The van der Waals surface area contributed by atoms with Crippen LogP contribution in [0.15, 0.2) is 24.3 Å². The molecular weight excluding hydrogens is 194 g/mol. The second kappa shape index (κ2) is 6.05. The topological polar surface area (TPSA) is 12.0 Å². The molecule has 0 bridgehead atoms. The summed E-state index contributed by atoms with van der Waals surface area (Å²) in [5.41, 5.74) is 3.12. The molecule has 0 aromatic heterocycles. The lowest BCUT2D eigenvalue weighted by molar-refractivity contribution is 0.506. The first kappa shape index (κ1) is 13.2. The highest BCUT2D eigenvalue weighted by molar-refractivity contribution is 5.27. The summed E-state index contributed by atoms with van der Waals surface area (Å²) < 4.78 is 0. The predicted molar refractivity (Wildman–Crippen MR) is 71.8 cm³/mol. The maximum absolute atomic E-state index is 3.42. The Bertz CT molecular complexity index is 298. The Morgan fingerprint density at radius 2 is 1.69 bits per heavy atom. The number of rotatable bonds is 6. The zero-order valence-corrected chi connectivity index (χ0v) is 11.1. The third kappa shape index (κ3) is 3.64. The summed E-state index contributed by atoms with van der Waals surface area (Å²) in [4.78, 5) is 0. The van der Waals surface area contributed by atoms with Crippen molar-refractivity contribution < 1.29 is 0 Å². The van der Waals surface area contributed by atoms with Gasteiger partial charge in [0.2, 0.25) is 0 Å². The van der Waals surface area contributed by atoms with E-state index in [1.807, 2.05) is 0 Å². The van der Waals surface area contributed by atoms with Crippen molar-refractivity contribution in [2.75, 3.05) is 6.54 Å². The number of hydrogen-bond donors (Lipinski definition) is 1. The van der Waals surface area contributed by atoms with Gasteiger partial charge >= 0.3 is 0 Å². The Balaban J connectivity index is 2.61. The summed E-state index contributed by atoms with van der Waals surface area (Å²) in [5, 5.41) is 3.42. The first-order valence-electron chi connectivity index (χ1n) is 6.40. The van der Waals surface area contributed by atoms with Crippen molar-refractivity contribution in [2.45, 2.75) is 52.5 Å². The molecule has 0 unspecified atom stereocenters. The number of nitrogens with one attached hydrogen (secondary N) is 1. The lowest BCUT2D eigenvalue weighted by Crippen LogP contribution is -2.16. The van der Waals surface area contributed by atoms with E-state index in [1.54, 1.807) is 0 Å². The molecule has 1 rings (SSSR count). The Morgan fingerprint density at radius 1 is 1.06 bits per heavy atom. The van der Waals surface area contributed by atoms with E-state index in [-0.39, 0.29) is 0 Å². The first-order chi connectivity index (χ1) is 7.60. The first-order valence-corrected chi connectivity index (χ1v) is 6.40. The van der Waals surface area contributed by atoms with Crippen LogP contribution in [0.4, 0.5) is 0 Å². The van der Waals surface area contributed by atoms with Gasteiger partial charge in [0, 0.05) is 6.54 Å². The van der Waals surface area contributed by atoms with Crippen LogP contribution in [0.1, 0.15) is 51.7 Å². The standard InChI is InChI=1S/C15H25N/c1-5-11-16-12-13-7-9-14(10-8-13)15(3,4)6-2/h7-10,16H,5-6,11-12H2,1-4H3. The summed E-state index contributed by atoms with van der Waals surface area (Å²) in [7, 11) is 0. The van der Waals surface area contributed by atoms with Gasteiger partial charge < -0.3 is 5.32 Å². The molecule has 0 fully saturated rings. The lowest BCUT2D eigenvalue weighted by atomic mass is 9.82. The average Bonchev–Trinajstić information content (AvgIpc) is 2.30. The van der Waals surface area contributed by atoms with Crippen LogP contribution in [0, 0.1) is 0 Å². The van der Waals surface area contributed by atoms with Crippen LogP contribution in [-0.4, -0.2) is 6.54 Å². The normalized spacial score (nSPS) is 11.8. The van der Waals surface area contributed by atoms with Crippen LogP contribution in [0.25, 0.3) is 0 Å². The van der Waals surface area contributed by atoms with E-state index in [1.165, 1.54) is 24.0 Å². The molecule has 0 amide bonds. The minimum absolute atomic E-state index is 0.301. The molecule has 1 aromatic carbocycles. The van der Waals surface area contributed by atoms with Crippen molar-refractivity contribution in [2.24, 2.45) is 0 Å². The monoisotopic (exact) mass is 219 g/mol. The summed E-state index contributed by atoms with van der Waals surface area (Å²) in [6, 6.07) is 9.03. The van der Waals surface area contributed by atoms with E-state index in [0.717, 1.165) is 13.1 Å². The smallest absolute Gasteiger partial charge is 0.0205 e. The van der Waals surface area contributed by atoms with E-state index in [4.69, 9.17) is 0 Å². The molecule has 0 heterocycles. The third-order valence-corrected chi connectivity index (χ3v) is 3.38. The second-order valence-electron chi connectivity index (χ2n) is 5.11. The van der Waals surface area contributed by atoms with E-state index in [2.05, 4.69) is 57.3 Å². The molecular formula is C15H25N. The molecule has 0 saturated carbocycles.